The van der Waals surface area contributed by atoms with E-state index in [0.717, 1.165) is 48.3 Å². The van der Waals surface area contributed by atoms with Crippen LogP contribution in [-0.2, 0) is 12.8 Å². The lowest BCUT2D eigenvalue weighted by molar-refractivity contribution is 0.102. The fourth-order valence-electron chi connectivity index (χ4n) is 2.68. The molecule has 0 saturated carbocycles. The average Bonchev–Trinajstić information content (AvgIpc) is 2.88. The Kier molecular flexibility index (Phi) is 3.84. The van der Waals surface area contributed by atoms with Crippen LogP contribution in [0.25, 0.3) is 0 Å². The first kappa shape index (κ1) is 15.2. The zero-order valence-corrected chi connectivity index (χ0v) is 12.9. The number of rotatable bonds is 2. The molecular formula is C16H14N2O4S. The highest BCUT2D eigenvalue weighted by molar-refractivity contribution is 7.16. The highest BCUT2D eigenvalue weighted by Gasteiger charge is 2.22. The van der Waals surface area contributed by atoms with Crippen molar-refractivity contribution < 1.29 is 20.1 Å². The van der Waals surface area contributed by atoms with Gasteiger partial charge in [0.15, 0.2) is 17.2 Å². The molecule has 0 spiro atoms. The van der Waals surface area contributed by atoms with E-state index in [4.69, 9.17) is 0 Å². The van der Waals surface area contributed by atoms with Gasteiger partial charge in [0.25, 0.3) is 5.91 Å². The number of nitrogens with zero attached hydrogens (tertiary/aromatic N) is 1. The minimum absolute atomic E-state index is 0.00642. The highest BCUT2D eigenvalue weighted by atomic mass is 32.1. The summed E-state index contributed by atoms with van der Waals surface area (Å²) in [5.41, 5.74) is 1.49. The number of amides is 1. The molecular weight excluding hydrogens is 316 g/mol. The molecule has 1 heterocycles. The van der Waals surface area contributed by atoms with Crippen molar-refractivity contribution in [1.82, 2.24) is 0 Å². The SMILES string of the molecule is N#Cc1c(NC(=O)c2cc(O)c(O)c(O)c2)sc2c1CCCC2. The monoisotopic (exact) mass is 330 g/mol. The van der Waals surface area contributed by atoms with Gasteiger partial charge in [-0.3, -0.25) is 4.79 Å². The van der Waals surface area contributed by atoms with Crippen LogP contribution >= 0.6 is 11.3 Å². The number of benzene rings is 1. The third-order valence-corrected chi connectivity index (χ3v) is 5.05. The topological polar surface area (TPSA) is 114 Å². The number of phenols is 3. The minimum atomic E-state index is -0.675. The fourth-order valence-corrected chi connectivity index (χ4v) is 3.92. The molecule has 1 aromatic heterocycles. The van der Waals surface area contributed by atoms with E-state index in [2.05, 4.69) is 11.4 Å². The van der Waals surface area contributed by atoms with Gasteiger partial charge in [0, 0.05) is 10.4 Å². The summed E-state index contributed by atoms with van der Waals surface area (Å²) in [4.78, 5) is 13.4. The van der Waals surface area contributed by atoms with Crippen molar-refractivity contribution in [2.24, 2.45) is 0 Å². The Morgan fingerprint density at radius 2 is 1.83 bits per heavy atom. The summed E-state index contributed by atoms with van der Waals surface area (Å²) in [5.74, 6) is -2.40. The molecule has 0 atom stereocenters. The number of carbonyl (C=O) groups excluding carboxylic acids is 1. The number of hydrogen-bond acceptors (Lipinski definition) is 6. The number of carbonyl (C=O) groups is 1. The second kappa shape index (κ2) is 5.82. The first-order chi connectivity index (χ1) is 11.0. The number of anilines is 1. The van der Waals surface area contributed by atoms with Crippen LogP contribution in [0.5, 0.6) is 17.2 Å². The Hall–Kier alpha value is -2.72. The number of aromatic hydroxyl groups is 3. The minimum Gasteiger partial charge on any atom is -0.504 e. The van der Waals surface area contributed by atoms with E-state index in [-0.39, 0.29) is 5.56 Å². The van der Waals surface area contributed by atoms with E-state index in [0.29, 0.717) is 10.6 Å². The van der Waals surface area contributed by atoms with Crippen LogP contribution in [0.4, 0.5) is 5.00 Å². The largest absolute Gasteiger partial charge is 0.504 e. The van der Waals surface area contributed by atoms with Gasteiger partial charge in [-0.15, -0.1) is 11.3 Å². The first-order valence-electron chi connectivity index (χ1n) is 7.12. The van der Waals surface area contributed by atoms with Crippen molar-refractivity contribution in [2.45, 2.75) is 25.7 Å². The summed E-state index contributed by atoms with van der Waals surface area (Å²) in [6, 6.07) is 4.27. The molecule has 23 heavy (non-hydrogen) atoms. The van der Waals surface area contributed by atoms with Gasteiger partial charge in [0.05, 0.1) is 5.56 Å². The Morgan fingerprint density at radius 1 is 1.17 bits per heavy atom. The third-order valence-electron chi connectivity index (χ3n) is 3.84. The number of phenolic OH excluding ortho intramolecular Hbond substituents is 3. The molecule has 2 aromatic rings. The van der Waals surface area contributed by atoms with E-state index >= 15 is 0 Å². The molecule has 1 aromatic carbocycles. The quantitative estimate of drug-likeness (QED) is 0.632. The van der Waals surface area contributed by atoms with Crippen molar-refractivity contribution in [1.29, 1.82) is 5.26 Å². The van der Waals surface area contributed by atoms with Crippen LogP contribution in [0, 0.1) is 11.3 Å². The zero-order valence-electron chi connectivity index (χ0n) is 12.1. The van der Waals surface area contributed by atoms with Gasteiger partial charge >= 0.3 is 0 Å². The highest BCUT2D eigenvalue weighted by Crippen LogP contribution is 2.39. The Bertz CT molecular complexity index is 812. The van der Waals surface area contributed by atoms with E-state index < -0.39 is 23.2 Å². The van der Waals surface area contributed by atoms with Gasteiger partial charge in [-0.2, -0.15) is 5.26 Å². The van der Waals surface area contributed by atoms with Gasteiger partial charge in [-0.25, -0.2) is 0 Å². The lowest BCUT2D eigenvalue weighted by Crippen LogP contribution is -2.11. The molecule has 0 aliphatic heterocycles. The molecule has 0 fully saturated rings. The number of nitrogens with one attached hydrogen (secondary N) is 1. The number of fused-ring (bicyclic) bond motifs is 1. The molecule has 7 heteroatoms. The summed E-state index contributed by atoms with van der Waals surface area (Å²) in [6.45, 7) is 0. The van der Waals surface area contributed by atoms with Crippen LogP contribution in [0.2, 0.25) is 0 Å². The molecule has 0 radical (unpaired) electrons. The first-order valence-corrected chi connectivity index (χ1v) is 7.94. The molecule has 1 aliphatic rings. The van der Waals surface area contributed by atoms with Gasteiger partial charge < -0.3 is 20.6 Å². The molecule has 0 unspecified atom stereocenters. The van der Waals surface area contributed by atoms with Crippen LogP contribution in [-0.4, -0.2) is 21.2 Å². The molecule has 4 N–H and O–H groups in total. The predicted molar refractivity (Wildman–Crippen MR) is 85.1 cm³/mol. The molecule has 1 amide bonds. The van der Waals surface area contributed by atoms with E-state index in [1.165, 1.54) is 11.3 Å². The van der Waals surface area contributed by atoms with Gasteiger partial charge in [-0.1, -0.05) is 0 Å². The third kappa shape index (κ3) is 2.69. The Balaban J connectivity index is 1.92. The van der Waals surface area contributed by atoms with Crippen molar-refractivity contribution in [2.75, 3.05) is 5.32 Å². The lowest BCUT2D eigenvalue weighted by atomic mass is 9.96. The van der Waals surface area contributed by atoms with Crippen LogP contribution in [0.15, 0.2) is 12.1 Å². The van der Waals surface area contributed by atoms with Crippen molar-refractivity contribution >= 4 is 22.2 Å². The lowest BCUT2D eigenvalue weighted by Gasteiger charge is -2.09. The standard InChI is InChI=1S/C16H14N2O4S/c17-7-10-9-3-1-2-4-13(9)23-16(10)18-15(22)8-5-11(19)14(21)12(20)6-8/h5-6,19-21H,1-4H2,(H,18,22). The molecule has 6 nitrogen and oxygen atoms in total. The Labute approximate surface area is 136 Å². The second-order valence-electron chi connectivity index (χ2n) is 5.34. The molecule has 1 aliphatic carbocycles. The van der Waals surface area contributed by atoms with E-state index in [1.54, 1.807) is 0 Å². The molecule has 0 saturated heterocycles. The van der Waals surface area contributed by atoms with Crippen molar-refractivity contribution in [3.63, 3.8) is 0 Å². The maximum absolute atomic E-state index is 12.3. The smallest absolute Gasteiger partial charge is 0.256 e. The second-order valence-corrected chi connectivity index (χ2v) is 6.45. The molecule has 3 rings (SSSR count). The van der Waals surface area contributed by atoms with Crippen LogP contribution in [0.1, 0.15) is 39.2 Å². The average molecular weight is 330 g/mol. The summed E-state index contributed by atoms with van der Waals surface area (Å²) in [6.07, 6.45) is 3.85. The summed E-state index contributed by atoms with van der Waals surface area (Å²) < 4.78 is 0. The summed E-state index contributed by atoms with van der Waals surface area (Å²) in [5, 5.41) is 40.8. The zero-order chi connectivity index (χ0) is 16.6. The van der Waals surface area contributed by atoms with Crippen molar-refractivity contribution in [3.05, 3.63) is 33.7 Å². The predicted octanol–water partition coefficient (Wildman–Crippen LogP) is 2.87. The van der Waals surface area contributed by atoms with Crippen molar-refractivity contribution in [3.8, 4) is 23.3 Å². The summed E-state index contributed by atoms with van der Waals surface area (Å²) >= 11 is 1.39. The fraction of sp³-hybridized carbons (Fsp3) is 0.250. The normalized spacial score (nSPS) is 13.2. The van der Waals surface area contributed by atoms with Gasteiger partial charge in [-0.05, 0) is 43.4 Å². The van der Waals surface area contributed by atoms with Crippen LogP contribution < -0.4 is 5.32 Å². The van der Waals surface area contributed by atoms with Gasteiger partial charge in [0.2, 0.25) is 0 Å². The summed E-state index contributed by atoms with van der Waals surface area (Å²) in [7, 11) is 0. The maximum atomic E-state index is 12.3. The Morgan fingerprint density at radius 3 is 2.48 bits per heavy atom. The molecule has 0 bridgehead atoms. The van der Waals surface area contributed by atoms with E-state index in [1.807, 2.05) is 0 Å². The van der Waals surface area contributed by atoms with Gasteiger partial charge in [0.1, 0.15) is 11.1 Å². The number of nitriles is 1. The number of hydrogen-bond donors (Lipinski definition) is 4. The maximum Gasteiger partial charge on any atom is 0.256 e. The number of aryl methyl sites for hydroxylation is 1. The van der Waals surface area contributed by atoms with Crippen LogP contribution in [0.3, 0.4) is 0 Å². The molecule has 118 valence electrons. The number of thiophene rings is 1. The van der Waals surface area contributed by atoms with E-state index in [9.17, 15) is 25.4 Å².